The van der Waals surface area contributed by atoms with Crippen molar-refractivity contribution in [1.82, 2.24) is 4.98 Å². The van der Waals surface area contributed by atoms with Crippen LogP contribution in [0.5, 0.6) is 0 Å². The van der Waals surface area contributed by atoms with Crippen molar-refractivity contribution in [2.45, 2.75) is 26.3 Å². The Hall–Kier alpha value is -1.71. The lowest BCUT2D eigenvalue weighted by atomic mass is 10.0. The third-order valence-corrected chi connectivity index (χ3v) is 4.70. The van der Waals surface area contributed by atoms with E-state index in [9.17, 15) is 0 Å². The Labute approximate surface area is 123 Å². The zero-order valence-electron chi connectivity index (χ0n) is 11.8. The van der Waals surface area contributed by atoms with Crippen LogP contribution in [0, 0.1) is 6.92 Å². The molecule has 0 spiro atoms. The van der Waals surface area contributed by atoms with Crippen molar-refractivity contribution in [1.29, 1.82) is 0 Å². The second kappa shape index (κ2) is 5.35. The van der Waals surface area contributed by atoms with Gasteiger partial charge in [-0.25, -0.2) is 0 Å². The second-order valence-electron chi connectivity index (χ2n) is 5.05. The van der Waals surface area contributed by atoms with Gasteiger partial charge in [0.2, 0.25) is 0 Å². The van der Waals surface area contributed by atoms with Crippen molar-refractivity contribution >= 4 is 22.2 Å². The largest absolute Gasteiger partial charge is 0.320 e. The lowest BCUT2D eigenvalue weighted by Crippen LogP contribution is -2.11. The number of aryl methyl sites for hydroxylation is 2. The number of benzene rings is 1. The summed E-state index contributed by atoms with van der Waals surface area (Å²) in [7, 11) is 0. The van der Waals surface area contributed by atoms with E-state index < -0.39 is 0 Å². The van der Waals surface area contributed by atoms with Crippen LogP contribution in [0.4, 0.5) is 0 Å². The third-order valence-electron chi connectivity index (χ3n) is 3.66. The van der Waals surface area contributed by atoms with Crippen LogP contribution in [-0.4, -0.2) is 4.98 Å². The molecular formula is C17H18N2S. The van der Waals surface area contributed by atoms with Gasteiger partial charge >= 0.3 is 0 Å². The van der Waals surface area contributed by atoms with Crippen LogP contribution in [0.15, 0.2) is 41.8 Å². The molecule has 2 N–H and O–H groups in total. The Kier molecular flexibility index (Phi) is 3.55. The van der Waals surface area contributed by atoms with Crippen molar-refractivity contribution in [3.05, 3.63) is 63.5 Å². The molecule has 2 aromatic heterocycles. The van der Waals surface area contributed by atoms with Gasteiger partial charge in [-0.3, -0.25) is 4.98 Å². The smallest absolute Gasteiger partial charge is 0.0705 e. The van der Waals surface area contributed by atoms with Crippen LogP contribution in [-0.2, 0) is 6.42 Å². The van der Waals surface area contributed by atoms with Gasteiger partial charge in [0.1, 0.15) is 0 Å². The summed E-state index contributed by atoms with van der Waals surface area (Å²) < 4.78 is 0. The zero-order valence-corrected chi connectivity index (χ0v) is 12.6. The van der Waals surface area contributed by atoms with Gasteiger partial charge in [0.15, 0.2) is 0 Å². The maximum absolute atomic E-state index is 6.45. The number of nitrogens with zero attached hydrogens (tertiary/aromatic N) is 1. The van der Waals surface area contributed by atoms with Crippen LogP contribution >= 0.6 is 11.3 Å². The summed E-state index contributed by atoms with van der Waals surface area (Å²) >= 11 is 1.74. The molecular weight excluding hydrogens is 264 g/mol. The Morgan fingerprint density at radius 3 is 2.85 bits per heavy atom. The lowest BCUT2D eigenvalue weighted by Gasteiger charge is -2.13. The van der Waals surface area contributed by atoms with Crippen LogP contribution in [0.2, 0.25) is 0 Å². The fourth-order valence-corrected chi connectivity index (χ4v) is 3.53. The predicted molar refractivity (Wildman–Crippen MR) is 86.2 cm³/mol. The maximum atomic E-state index is 6.45. The SMILES string of the molecule is CCc1ccsc1C(N)c1ccc2nc(C)ccc2c1. The molecule has 1 atom stereocenters. The molecule has 2 nitrogen and oxygen atoms in total. The van der Waals surface area contributed by atoms with Crippen molar-refractivity contribution in [2.24, 2.45) is 5.73 Å². The number of aromatic nitrogens is 1. The van der Waals surface area contributed by atoms with Gasteiger partial charge in [-0.15, -0.1) is 11.3 Å². The first-order valence-corrected chi connectivity index (χ1v) is 7.76. The van der Waals surface area contributed by atoms with Gasteiger partial charge in [-0.05, 0) is 54.1 Å². The maximum Gasteiger partial charge on any atom is 0.0705 e. The van der Waals surface area contributed by atoms with E-state index in [1.54, 1.807) is 11.3 Å². The Balaban J connectivity index is 2.03. The molecule has 20 heavy (non-hydrogen) atoms. The van der Waals surface area contributed by atoms with E-state index in [4.69, 9.17) is 5.73 Å². The highest BCUT2D eigenvalue weighted by molar-refractivity contribution is 7.10. The average molecular weight is 282 g/mol. The van der Waals surface area contributed by atoms with Crippen LogP contribution in [0.1, 0.15) is 34.7 Å². The number of thiophene rings is 1. The van der Waals surface area contributed by atoms with Crippen molar-refractivity contribution in [3.63, 3.8) is 0 Å². The standard InChI is InChI=1S/C17H18N2S/c1-3-12-8-9-20-17(12)16(18)14-6-7-15-13(10-14)5-4-11(2)19-15/h4-10,16H,3,18H2,1-2H3. The fourth-order valence-electron chi connectivity index (χ4n) is 2.50. The second-order valence-corrected chi connectivity index (χ2v) is 5.99. The Bertz CT molecular complexity index is 746. The third kappa shape index (κ3) is 2.35. The molecule has 0 aliphatic rings. The summed E-state index contributed by atoms with van der Waals surface area (Å²) in [6, 6.07) is 12.6. The van der Waals surface area contributed by atoms with Gasteiger partial charge in [0.25, 0.3) is 0 Å². The van der Waals surface area contributed by atoms with E-state index in [-0.39, 0.29) is 6.04 Å². The van der Waals surface area contributed by atoms with Gasteiger partial charge in [0, 0.05) is 16.0 Å². The Morgan fingerprint density at radius 2 is 2.05 bits per heavy atom. The van der Waals surface area contributed by atoms with E-state index in [2.05, 4.69) is 47.6 Å². The minimum Gasteiger partial charge on any atom is -0.320 e. The molecule has 0 aliphatic carbocycles. The van der Waals surface area contributed by atoms with Crippen molar-refractivity contribution < 1.29 is 0 Å². The highest BCUT2D eigenvalue weighted by atomic mass is 32.1. The lowest BCUT2D eigenvalue weighted by molar-refractivity contribution is 0.876. The molecule has 0 amide bonds. The summed E-state index contributed by atoms with van der Waals surface area (Å²) in [6.45, 7) is 4.18. The van der Waals surface area contributed by atoms with E-state index in [0.717, 1.165) is 28.6 Å². The molecule has 3 rings (SSSR count). The highest BCUT2D eigenvalue weighted by Crippen LogP contribution is 2.29. The summed E-state index contributed by atoms with van der Waals surface area (Å²) in [4.78, 5) is 5.80. The van der Waals surface area contributed by atoms with Crippen LogP contribution in [0.3, 0.4) is 0 Å². The molecule has 3 heteroatoms. The molecule has 1 aromatic carbocycles. The minimum atomic E-state index is -0.0457. The first-order valence-electron chi connectivity index (χ1n) is 6.88. The van der Waals surface area contributed by atoms with E-state index in [1.165, 1.54) is 10.4 Å². The molecule has 2 heterocycles. The molecule has 102 valence electrons. The van der Waals surface area contributed by atoms with Gasteiger partial charge < -0.3 is 5.73 Å². The molecule has 3 aromatic rings. The first kappa shape index (κ1) is 13.3. The van der Waals surface area contributed by atoms with Crippen LogP contribution in [0.25, 0.3) is 10.9 Å². The molecule has 0 saturated carbocycles. The number of fused-ring (bicyclic) bond motifs is 1. The number of hydrogen-bond acceptors (Lipinski definition) is 3. The number of pyridine rings is 1. The van der Waals surface area contributed by atoms with Gasteiger partial charge in [-0.2, -0.15) is 0 Å². The van der Waals surface area contributed by atoms with E-state index in [0.29, 0.717) is 0 Å². The molecule has 0 fully saturated rings. The number of hydrogen-bond donors (Lipinski definition) is 1. The van der Waals surface area contributed by atoms with E-state index in [1.807, 2.05) is 13.0 Å². The molecule has 0 saturated heterocycles. The van der Waals surface area contributed by atoms with Crippen molar-refractivity contribution in [3.8, 4) is 0 Å². The summed E-state index contributed by atoms with van der Waals surface area (Å²) in [5.74, 6) is 0. The van der Waals surface area contributed by atoms with Gasteiger partial charge in [0.05, 0.1) is 11.6 Å². The van der Waals surface area contributed by atoms with Crippen molar-refractivity contribution in [2.75, 3.05) is 0 Å². The minimum absolute atomic E-state index is 0.0457. The normalized spacial score (nSPS) is 12.8. The van der Waals surface area contributed by atoms with Gasteiger partial charge in [-0.1, -0.05) is 19.1 Å². The topological polar surface area (TPSA) is 38.9 Å². The molecule has 0 aliphatic heterocycles. The Morgan fingerprint density at radius 1 is 1.20 bits per heavy atom. The van der Waals surface area contributed by atoms with Crippen LogP contribution < -0.4 is 5.73 Å². The first-order chi connectivity index (χ1) is 9.69. The summed E-state index contributed by atoms with van der Waals surface area (Å²) in [5, 5.41) is 3.28. The summed E-state index contributed by atoms with van der Waals surface area (Å²) in [5.41, 5.74) is 11.0. The summed E-state index contributed by atoms with van der Waals surface area (Å²) in [6.07, 6.45) is 1.03. The monoisotopic (exact) mass is 282 g/mol. The molecule has 0 radical (unpaired) electrons. The molecule has 0 bridgehead atoms. The average Bonchev–Trinajstić information content (AvgIpc) is 2.94. The molecule has 1 unspecified atom stereocenters. The number of rotatable bonds is 3. The predicted octanol–water partition coefficient (Wildman–Crippen LogP) is 4.22. The number of nitrogens with two attached hydrogens (primary N) is 1. The quantitative estimate of drug-likeness (QED) is 0.781. The zero-order chi connectivity index (χ0) is 14.1. The van der Waals surface area contributed by atoms with E-state index >= 15 is 0 Å². The fraction of sp³-hybridized carbons (Fsp3) is 0.235. The highest BCUT2D eigenvalue weighted by Gasteiger charge is 2.14.